The van der Waals surface area contributed by atoms with Gasteiger partial charge in [-0.25, -0.2) is 9.78 Å². The lowest BCUT2D eigenvalue weighted by atomic mass is 9.84. The van der Waals surface area contributed by atoms with Gasteiger partial charge < -0.3 is 9.52 Å². The average molecular weight is 373 g/mol. The number of furan rings is 1. The third-order valence-electron chi connectivity index (χ3n) is 5.28. The smallest absolute Gasteiger partial charge is 0.336 e. The Bertz CT molecular complexity index is 1240. The molecule has 0 saturated carbocycles. The van der Waals surface area contributed by atoms with Crippen molar-refractivity contribution >= 4 is 27.8 Å². The zero-order chi connectivity index (χ0) is 20.2. The van der Waals surface area contributed by atoms with Crippen LogP contribution in [0.3, 0.4) is 0 Å². The molecule has 4 nitrogen and oxygen atoms in total. The zero-order valence-electron chi connectivity index (χ0n) is 16.8. The van der Waals surface area contributed by atoms with Gasteiger partial charge in [-0.1, -0.05) is 45.0 Å². The number of hydrogen-bond donors (Lipinski definition) is 1. The molecule has 0 aliphatic carbocycles. The van der Waals surface area contributed by atoms with E-state index < -0.39 is 5.97 Å². The summed E-state index contributed by atoms with van der Waals surface area (Å²) in [7, 11) is 0. The summed E-state index contributed by atoms with van der Waals surface area (Å²) in [5.41, 5.74) is 5.19. The molecule has 142 valence electrons. The molecule has 0 atom stereocenters. The predicted octanol–water partition coefficient (Wildman–Crippen LogP) is 6.26. The van der Waals surface area contributed by atoms with Crippen LogP contribution in [0.15, 0.2) is 46.9 Å². The Balaban J connectivity index is 2.05. The van der Waals surface area contributed by atoms with E-state index in [1.54, 1.807) is 6.07 Å². The number of para-hydroxylation sites is 1. The number of carbonyl (C=O) groups is 1. The first-order valence-electron chi connectivity index (χ1n) is 9.34. The predicted molar refractivity (Wildman–Crippen MR) is 112 cm³/mol. The first kappa shape index (κ1) is 18.2. The lowest BCUT2D eigenvalue weighted by Gasteiger charge is -2.21. The summed E-state index contributed by atoms with van der Waals surface area (Å²) in [6.07, 6.45) is 0. The van der Waals surface area contributed by atoms with E-state index in [9.17, 15) is 9.90 Å². The normalized spacial score (nSPS) is 12.0. The number of benzene rings is 2. The van der Waals surface area contributed by atoms with E-state index in [2.05, 4.69) is 26.8 Å². The number of pyridine rings is 1. The van der Waals surface area contributed by atoms with Crippen molar-refractivity contribution in [1.82, 2.24) is 4.98 Å². The number of fused-ring (bicyclic) bond motifs is 2. The number of carboxylic acid groups (broad SMARTS) is 1. The number of aromatic carboxylic acids is 1. The number of aromatic nitrogens is 1. The molecule has 2 heterocycles. The van der Waals surface area contributed by atoms with Crippen molar-refractivity contribution in [3.8, 4) is 11.5 Å². The fraction of sp³-hybridized carbons (Fsp3) is 0.250. The fourth-order valence-corrected chi connectivity index (χ4v) is 3.65. The third kappa shape index (κ3) is 2.85. The van der Waals surface area contributed by atoms with E-state index in [1.165, 1.54) is 0 Å². The lowest BCUT2D eigenvalue weighted by molar-refractivity contribution is 0.0699. The second-order valence-electron chi connectivity index (χ2n) is 8.35. The minimum Gasteiger partial charge on any atom is -0.478 e. The first-order chi connectivity index (χ1) is 13.2. The van der Waals surface area contributed by atoms with Crippen LogP contribution in [0.5, 0.6) is 0 Å². The van der Waals surface area contributed by atoms with Crippen molar-refractivity contribution in [2.24, 2.45) is 0 Å². The highest BCUT2D eigenvalue weighted by atomic mass is 16.4. The van der Waals surface area contributed by atoms with Crippen molar-refractivity contribution < 1.29 is 14.3 Å². The molecule has 0 spiro atoms. The quantitative estimate of drug-likeness (QED) is 0.450. The van der Waals surface area contributed by atoms with Gasteiger partial charge in [0.1, 0.15) is 11.3 Å². The molecule has 0 aliphatic heterocycles. The Labute approximate surface area is 163 Å². The van der Waals surface area contributed by atoms with Crippen LogP contribution in [-0.2, 0) is 5.41 Å². The first-order valence-corrected chi connectivity index (χ1v) is 9.34. The monoisotopic (exact) mass is 373 g/mol. The summed E-state index contributed by atoms with van der Waals surface area (Å²) in [5.74, 6) is -0.349. The van der Waals surface area contributed by atoms with Crippen LogP contribution in [-0.4, -0.2) is 16.1 Å². The second kappa shape index (κ2) is 6.20. The highest BCUT2D eigenvalue weighted by molar-refractivity contribution is 6.05. The van der Waals surface area contributed by atoms with E-state index in [-0.39, 0.29) is 11.0 Å². The van der Waals surface area contributed by atoms with Gasteiger partial charge in [-0.3, -0.25) is 0 Å². The molecule has 4 heteroatoms. The maximum atomic E-state index is 12.1. The summed E-state index contributed by atoms with van der Waals surface area (Å²) < 4.78 is 6.03. The highest BCUT2D eigenvalue weighted by Crippen LogP contribution is 2.36. The standard InChI is InChI=1S/C24H23NO3/c1-13-10-15(24(3,4)5)11-17-18(23(26)27)12-19(25-21(13)17)22-14(2)16-8-6-7-9-20(16)28-22/h6-12H,1-5H3,(H,26,27). The molecule has 0 saturated heterocycles. The van der Waals surface area contributed by atoms with Crippen LogP contribution in [0.4, 0.5) is 0 Å². The van der Waals surface area contributed by atoms with Crippen molar-refractivity contribution in [2.45, 2.75) is 40.0 Å². The maximum Gasteiger partial charge on any atom is 0.336 e. The van der Waals surface area contributed by atoms with Gasteiger partial charge in [-0.2, -0.15) is 0 Å². The van der Waals surface area contributed by atoms with Gasteiger partial charge in [0, 0.05) is 16.3 Å². The Morgan fingerprint density at radius 2 is 1.75 bits per heavy atom. The summed E-state index contributed by atoms with van der Waals surface area (Å²) in [5, 5.41) is 11.6. The van der Waals surface area contributed by atoms with Gasteiger partial charge in [0.15, 0.2) is 5.76 Å². The zero-order valence-corrected chi connectivity index (χ0v) is 16.8. The Morgan fingerprint density at radius 1 is 1.04 bits per heavy atom. The second-order valence-corrected chi connectivity index (χ2v) is 8.35. The van der Waals surface area contributed by atoms with Crippen molar-refractivity contribution in [2.75, 3.05) is 0 Å². The number of nitrogens with zero attached hydrogens (tertiary/aromatic N) is 1. The van der Waals surface area contributed by atoms with E-state index in [0.717, 1.165) is 27.7 Å². The summed E-state index contributed by atoms with van der Waals surface area (Å²) >= 11 is 0. The highest BCUT2D eigenvalue weighted by Gasteiger charge is 2.22. The lowest BCUT2D eigenvalue weighted by Crippen LogP contribution is -2.12. The number of hydrogen-bond acceptors (Lipinski definition) is 3. The van der Waals surface area contributed by atoms with E-state index in [4.69, 9.17) is 9.40 Å². The fourth-order valence-electron chi connectivity index (χ4n) is 3.65. The molecule has 0 aliphatic rings. The molecule has 4 aromatic rings. The van der Waals surface area contributed by atoms with Crippen molar-refractivity contribution in [3.05, 3.63) is 64.7 Å². The number of carboxylic acids is 1. The Kier molecular flexibility index (Phi) is 4.03. The molecular weight excluding hydrogens is 350 g/mol. The van der Waals surface area contributed by atoms with E-state index in [1.807, 2.05) is 44.2 Å². The minimum absolute atomic E-state index is 0.0806. The minimum atomic E-state index is -0.965. The molecule has 0 bridgehead atoms. The SMILES string of the molecule is Cc1c(-c2cc(C(=O)O)c3cc(C(C)(C)C)cc(C)c3n2)oc2ccccc12. The molecule has 0 unspecified atom stereocenters. The van der Waals surface area contributed by atoms with Gasteiger partial charge in [0.2, 0.25) is 0 Å². The molecular formula is C24H23NO3. The molecule has 0 amide bonds. The number of aryl methyl sites for hydroxylation is 2. The summed E-state index contributed by atoms with van der Waals surface area (Å²) in [6.45, 7) is 10.3. The Hall–Kier alpha value is -3.14. The van der Waals surface area contributed by atoms with Gasteiger partial charge in [0.05, 0.1) is 11.1 Å². The molecule has 2 aromatic carbocycles. The maximum absolute atomic E-state index is 12.1. The summed E-state index contributed by atoms with van der Waals surface area (Å²) in [4.78, 5) is 16.9. The van der Waals surface area contributed by atoms with E-state index in [0.29, 0.717) is 22.4 Å². The number of rotatable bonds is 2. The molecule has 4 rings (SSSR count). The molecule has 0 fully saturated rings. The molecule has 0 radical (unpaired) electrons. The van der Waals surface area contributed by atoms with Crippen LogP contribution in [0, 0.1) is 13.8 Å². The van der Waals surface area contributed by atoms with Crippen LogP contribution in [0.2, 0.25) is 0 Å². The van der Waals surface area contributed by atoms with Gasteiger partial charge >= 0.3 is 5.97 Å². The van der Waals surface area contributed by atoms with Crippen LogP contribution >= 0.6 is 0 Å². The van der Waals surface area contributed by atoms with Gasteiger partial charge in [-0.05, 0) is 48.6 Å². The van der Waals surface area contributed by atoms with Crippen LogP contribution < -0.4 is 0 Å². The van der Waals surface area contributed by atoms with Crippen molar-refractivity contribution in [1.29, 1.82) is 0 Å². The summed E-state index contributed by atoms with van der Waals surface area (Å²) in [6, 6.07) is 13.5. The largest absolute Gasteiger partial charge is 0.478 e. The van der Waals surface area contributed by atoms with Crippen LogP contribution in [0.25, 0.3) is 33.3 Å². The molecule has 1 N–H and O–H groups in total. The average Bonchev–Trinajstić information content (AvgIpc) is 2.97. The third-order valence-corrected chi connectivity index (χ3v) is 5.28. The molecule has 2 aromatic heterocycles. The van der Waals surface area contributed by atoms with E-state index >= 15 is 0 Å². The van der Waals surface area contributed by atoms with Crippen molar-refractivity contribution in [3.63, 3.8) is 0 Å². The van der Waals surface area contributed by atoms with Gasteiger partial charge in [-0.15, -0.1) is 0 Å². The molecule has 28 heavy (non-hydrogen) atoms. The Morgan fingerprint density at radius 3 is 2.39 bits per heavy atom. The van der Waals surface area contributed by atoms with Gasteiger partial charge in [0.25, 0.3) is 0 Å². The topological polar surface area (TPSA) is 63.3 Å². The van der Waals surface area contributed by atoms with Crippen LogP contribution in [0.1, 0.15) is 47.8 Å².